The molecule has 7 nitrogen and oxygen atoms in total. The maximum absolute atomic E-state index is 12.2. The SMILES string of the molecule is COc1ccc(C2NNC3OC(=O)CC(c4ccc(OC)c(OC)c4)C32)cc1. The maximum Gasteiger partial charge on any atom is 0.308 e. The molecule has 2 aliphatic rings. The fourth-order valence-corrected chi connectivity index (χ4v) is 4.14. The van der Waals surface area contributed by atoms with Gasteiger partial charge in [0.15, 0.2) is 17.7 Å². The molecule has 148 valence electrons. The zero-order chi connectivity index (χ0) is 19.7. The number of esters is 1. The normalized spacial score (nSPS) is 26.3. The Labute approximate surface area is 163 Å². The number of methoxy groups -OCH3 is 3. The van der Waals surface area contributed by atoms with Crippen molar-refractivity contribution in [2.45, 2.75) is 24.6 Å². The van der Waals surface area contributed by atoms with Crippen molar-refractivity contribution in [3.63, 3.8) is 0 Å². The van der Waals surface area contributed by atoms with Crippen LogP contribution in [0.2, 0.25) is 0 Å². The van der Waals surface area contributed by atoms with Gasteiger partial charge in [-0.2, -0.15) is 0 Å². The Morgan fingerprint density at radius 1 is 0.893 bits per heavy atom. The zero-order valence-corrected chi connectivity index (χ0v) is 16.1. The van der Waals surface area contributed by atoms with Crippen LogP contribution in [0.15, 0.2) is 42.5 Å². The van der Waals surface area contributed by atoms with Gasteiger partial charge in [0.1, 0.15) is 5.75 Å². The highest BCUT2D eigenvalue weighted by Gasteiger charge is 2.48. The monoisotopic (exact) mass is 384 g/mol. The van der Waals surface area contributed by atoms with Crippen LogP contribution in [0.1, 0.15) is 29.5 Å². The van der Waals surface area contributed by atoms with E-state index in [0.29, 0.717) is 17.9 Å². The number of hydrogen-bond acceptors (Lipinski definition) is 7. The Kier molecular flexibility index (Phi) is 5.11. The first kappa shape index (κ1) is 18.6. The van der Waals surface area contributed by atoms with Gasteiger partial charge in [-0.05, 0) is 35.4 Å². The van der Waals surface area contributed by atoms with Crippen LogP contribution >= 0.6 is 0 Å². The number of nitrogens with one attached hydrogen (secondary N) is 2. The summed E-state index contributed by atoms with van der Waals surface area (Å²) >= 11 is 0. The molecule has 0 aliphatic carbocycles. The predicted octanol–water partition coefficient (Wildman–Crippen LogP) is 2.53. The van der Waals surface area contributed by atoms with Crippen LogP contribution in [0.5, 0.6) is 17.2 Å². The number of carbonyl (C=O) groups is 1. The molecule has 4 atom stereocenters. The van der Waals surface area contributed by atoms with E-state index in [2.05, 4.69) is 10.9 Å². The average molecular weight is 384 g/mol. The van der Waals surface area contributed by atoms with Crippen molar-refractivity contribution >= 4 is 5.97 Å². The van der Waals surface area contributed by atoms with Gasteiger partial charge in [0.05, 0.1) is 33.8 Å². The van der Waals surface area contributed by atoms with Crippen LogP contribution < -0.4 is 25.1 Å². The minimum Gasteiger partial charge on any atom is -0.497 e. The molecule has 0 amide bonds. The third-order valence-corrected chi connectivity index (χ3v) is 5.54. The van der Waals surface area contributed by atoms with Crippen LogP contribution in [-0.2, 0) is 9.53 Å². The quantitative estimate of drug-likeness (QED) is 0.767. The maximum atomic E-state index is 12.2. The fourth-order valence-electron chi connectivity index (χ4n) is 4.14. The molecule has 2 heterocycles. The second-order valence-corrected chi connectivity index (χ2v) is 6.95. The van der Waals surface area contributed by atoms with E-state index in [4.69, 9.17) is 18.9 Å². The molecular weight excluding hydrogens is 360 g/mol. The molecule has 2 N–H and O–H groups in total. The smallest absolute Gasteiger partial charge is 0.308 e. The Balaban J connectivity index is 1.69. The standard InChI is InChI=1S/C21H24N2O5/c1-25-14-7-4-12(5-8-14)20-19-15(11-18(24)28-21(19)23-22-20)13-6-9-16(26-2)17(10-13)27-3/h4-10,15,19-23H,11H2,1-3H3. The van der Waals surface area contributed by atoms with E-state index < -0.39 is 6.23 Å². The molecule has 2 aromatic rings. The molecule has 4 rings (SSSR count). The molecule has 0 aromatic heterocycles. The summed E-state index contributed by atoms with van der Waals surface area (Å²) in [5, 5.41) is 0. The van der Waals surface area contributed by atoms with Crippen molar-refractivity contribution in [2.24, 2.45) is 5.92 Å². The van der Waals surface area contributed by atoms with Crippen molar-refractivity contribution in [3.8, 4) is 17.2 Å². The highest BCUT2D eigenvalue weighted by atomic mass is 16.6. The first-order valence-electron chi connectivity index (χ1n) is 9.21. The molecule has 0 spiro atoms. The predicted molar refractivity (Wildman–Crippen MR) is 102 cm³/mol. The summed E-state index contributed by atoms with van der Waals surface area (Å²) in [5.41, 5.74) is 8.56. The Hall–Kier alpha value is -2.77. The molecule has 4 unspecified atom stereocenters. The minimum atomic E-state index is -0.397. The lowest BCUT2D eigenvalue weighted by molar-refractivity contribution is -0.160. The van der Waals surface area contributed by atoms with Gasteiger partial charge in [0.25, 0.3) is 0 Å². The number of fused-ring (bicyclic) bond motifs is 1. The number of benzene rings is 2. The first-order chi connectivity index (χ1) is 13.6. The lowest BCUT2D eigenvalue weighted by Crippen LogP contribution is -2.42. The van der Waals surface area contributed by atoms with Crippen LogP contribution in [-0.4, -0.2) is 33.5 Å². The number of carbonyl (C=O) groups excluding carboxylic acids is 1. The van der Waals surface area contributed by atoms with E-state index in [-0.39, 0.29) is 23.8 Å². The second-order valence-electron chi connectivity index (χ2n) is 6.95. The molecule has 2 aromatic carbocycles. The molecule has 2 fully saturated rings. The van der Waals surface area contributed by atoms with Gasteiger partial charge in [-0.3, -0.25) is 4.79 Å². The lowest BCUT2D eigenvalue weighted by atomic mass is 9.76. The zero-order valence-electron chi connectivity index (χ0n) is 16.1. The molecule has 0 radical (unpaired) electrons. The first-order valence-corrected chi connectivity index (χ1v) is 9.21. The van der Waals surface area contributed by atoms with E-state index in [1.165, 1.54) is 0 Å². The summed E-state index contributed by atoms with van der Waals surface area (Å²) in [4.78, 5) is 12.2. The van der Waals surface area contributed by atoms with Crippen molar-refractivity contribution in [1.29, 1.82) is 0 Å². The van der Waals surface area contributed by atoms with Gasteiger partial charge < -0.3 is 18.9 Å². The highest BCUT2D eigenvalue weighted by Crippen LogP contribution is 2.46. The topological polar surface area (TPSA) is 78.0 Å². The van der Waals surface area contributed by atoms with Crippen molar-refractivity contribution in [2.75, 3.05) is 21.3 Å². The summed E-state index contributed by atoms with van der Waals surface area (Å²) in [6.07, 6.45) is -0.0846. The van der Waals surface area contributed by atoms with E-state index in [9.17, 15) is 4.79 Å². The molecule has 2 saturated heterocycles. The van der Waals surface area contributed by atoms with E-state index in [1.807, 2.05) is 42.5 Å². The molecule has 28 heavy (non-hydrogen) atoms. The summed E-state index contributed by atoms with van der Waals surface area (Å²) in [6.45, 7) is 0. The number of hydrogen-bond donors (Lipinski definition) is 2. The van der Waals surface area contributed by atoms with Gasteiger partial charge in [-0.25, -0.2) is 10.9 Å². The summed E-state index contributed by atoms with van der Waals surface area (Å²) in [7, 11) is 4.86. The van der Waals surface area contributed by atoms with Gasteiger partial charge in [-0.1, -0.05) is 18.2 Å². The number of rotatable bonds is 5. The van der Waals surface area contributed by atoms with Crippen LogP contribution in [0.3, 0.4) is 0 Å². The van der Waals surface area contributed by atoms with E-state index in [1.54, 1.807) is 21.3 Å². The summed E-state index contributed by atoms with van der Waals surface area (Å²) < 4.78 is 21.6. The third-order valence-electron chi connectivity index (χ3n) is 5.54. The summed E-state index contributed by atoms with van der Waals surface area (Å²) in [5.74, 6) is 1.90. The highest BCUT2D eigenvalue weighted by molar-refractivity contribution is 5.72. The summed E-state index contributed by atoms with van der Waals surface area (Å²) in [6, 6.07) is 13.7. The Morgan fingerprint density at radius 3 is 2.29 bits per heavy atom. The molecule has 7 heteroatoms. The Morgan fingerprint density at radius 2 is 1.61 bits per heavy atom. The van der Waals surface area contributed by atoms with Gasteiger partial charge in [-0.15, -0.1) is 0 Å². The van der Waals surface area contributed by atoms with Crippen LogP contribution in [0.25, 0.3) is 0 Å². The van der Waals surface area contributed by atoms with Gasteiger partial charge >= 0.3 is 5.97 Å². The fraction of sp³-hybridized carbons (Fsp3) is 0.381. The lowest BCUT2D eigenvalue weighted by Gasteiger charge is -2.35. The number of ether oxygens (including phenoxy) is 4. The minimum absolute atomic E-state index is 0.0119. The van der Waals surface area contributed by atoms with Gasteiger partial charge in [0, 0.05) is 11.8 Å². The average Bonchev–Trinajstić information content (AvgIpc) is 3.16. The van der Waals surface area contributed by atoms with Crippen molar-refractivity contribution in [3.05, 3.63) is 53.6 Å². The molecule has 0 saturated carbocycles. The van der Waals surface area contributed by atoms with Crippen LogP contribution in [0.4, 0.5) is 0 Å². The second kappa shape index (κ2) is 7.69. The Bertz CT molecular complexity index is 854. The van der Waals surface area contributed by atoms with Crippen molar-refractivity contribution in [1.82, 2.24) is 10.9 Å². The van der Waals surface area contributed by atoms with Gasteiger partial charge in [0.2, 0.25) is 0 Å². The van der Waals surface area contributed by atoms with Crippen LogP contribution in [0, 0.1) is 5.92 Å². The van der Waals surface area contributed by atoms with E-state index in [0.717, 1.165) is 16.9 Å². The molecule has 0 bridgehead atoms. The third kappa shape index (κ3) is 3.27. The molecule has 2 aliphatic heterocycles. The largest absolute Gasteiger partial charge is 0.497 e. The van der Waals surface area contributed by atoms with E-state index >= 15 is 0 Å². The number of hydrazine groups is 1. The van der Waals surface area contributed by atoms with Crippen molar-refractivity contribution < 1.29 is 23.7 Å². The molecular formula is C21H24N2O5.